The molecule has 2 atom stereocenters. The Balaban J connectivity index is 2.08. The first-order valence-electron chi connectivity index (χ1n) is 4.67. The van der Waals surface area contributed by atoms with Gasteiger partial charge in [0.15, 0.2) is 0 Å². The van der Waals surface area contributed by atoms with E-state index in [1.807, 2.05) is 0 Å². The molecule has 66 valence electrons. The van der Waals surface area contributed by atoms with Gasteiger partial charge in [0.05, 0.1) is 0 Å². The predicted molar refractivity (Wildman–Crippen MR) is 48.5 cm³/mol. The smallest absolute Gasteiger partial charge is 0.00824 e. The minimum absolute atomic E-state index is 0.458. The third-order valence-electron chi connectivity index (χ3n) is 2.29. The van der Waals surface area contributed by atoms with E-state index in [1.165, 1.54) is 19.3 Å². The molecule has 0 bridgehead atoms. The summed E-state index contributed by atoms with van der Waals surface area (Å²) in [6.45, 7) is 5.61. The topological polar surface area (TPSA) is 38.0 Å². The minimum Gasteiger partial charge on any atom is -0.328 e. The standard InChI is InChI=1S/C9H20N2/c1-7(2)6-11-9-4-3-8(10)5-9/h7-9,11H,3-6,10H2,1-2H3. The summed E-state index contributed by atoms with van der Waals surface area (Å²) >= 11 is 0. The van der Waals surface area contributed by atoms with Crippen molar-refractivity contribution in [3.63, 3.8) is 0 Å². The maximum absolute atomic E-state index is 5.79. The van der Waals surface area contributed by atoms with E-state index < -0.39 is 0 Å². The molecule has 1 aliphatic rings. The highest BCUT2D eigenvalue weighted by molar-refractivity contribution is 4.82. The van der Waals surface area contributed by atoms with E-state index in [1.54, 1.807) is 0 Å². The summed E-state index contributed by atoms with van der Waals surface area (Å²) in [5.41, 5.74) is 5.79. The fourth-order valence-electron chi connectivity index (χ4n) is 1.60. The van der Waals surface area contributed by atoms with Crippen LogP contribution in [0.4, 0.5) is 0 Å². The van der Waals surface area contributed by atoms with Crippen molar-refractivity contribution < 1.29 is 0 Å². The molecule has 0 heterocycles. The highest BCUT2D eigenvalue weighted by Gasteiger charge is 2.20. The molecule has 0 spiro atoms. The quantitative estimate of drug-likeness (QED) is 0.642. The lowest BCUT2D eigenvalue weighted by molar-refractivity contribution is 0.465. The van der Waals surface area contributed by atoms with Crippen molar-refractivity contribution in [1.29, 1.82) is 0 Å². The highest BCUT2D eigenvalue weighted by atomic mass is 14.9. The van der Waals surface area contributed by atoms with Gasteiger partial charge in [-0.2, -0.15) is 0 Å². The maximum Gasteiger partial charge on any atom is 0.00824 e. The van der Waals surface area contributed by atoms with E-state index >= 15 is 0 Å². The highest BCUT2D eigenvalue weighted by Crippen LogP contribution is 2.16. The van der Waals surface area contributed by atoms with Gasteiger partial charge in [0.1, 0.15) is 0 Å². The van der Waals surface area contributed by atoms with Gasteiger partial charge in [0.2, 0.25) is 0 Å². The lowest BCUT2D eigenvalue weighted by Gasteiger charge is -2.13. The first-order valence-corrected chi connectivity index (χ1v) is 4.67. The van der Waals surface area contributed by atoms with Crippen LogP contribution in [0, 0.1) is 5.92 Å². The second-order valence-corrected chi connectivity index (χ2v) is 4.07. The summed E-state index contributed by atoms with van der Waals surface area (Å²) < 4.78 is 0. The van der Waals surface area contributed by atoms with E-state index in [4.69, 9.17) is 5.73 Å². The lowest BCUT2D eigenvalue weighted by atomic mass is 10.2. The number of hydrogen-bond donors (Lipinski definition) is 2. The molecule has 11 heavy (non-hydrogen) atoms. The summed E-state index contributed by atoms with van der Waals surface area (Å²) in [4.78, 5) is 0. The molecule has 0 amide bonds. The Hall–Kier alpha value is -0.0800. The van der Waals surface area contributed by atoms with Crippen molar-refractivity contribution in [1.82, 2.24) is 5.32 Å². The second kappa shape index (κ2) is 4.07. The molecule has 1 rings (SSSR count). The zero-order chi connectivity index (χ0) is 8.27. The maximum atomic E-state index is 5.79. The molecule has 0 aromatic heterocycles. The summed E-state index contributed by atoms with van der Waals surface area (Å²) in [5.74, 6) is 0.756. The Morgan fingerprint density at radius 2 is 2.18 bits per heavy atom. The zero-order valence-electron chi connectivity index (χ0n) is 7.64. The Morgan fingerprint density at radius 1 is 1.45 bits per heavy atom. The van der Waals surface area contributed by atoms with Gasteiger partial charge in [-0.15, -0.1) is 0 Å². The van der Waals surface area contributed by atoms with Crippen LogP contribution in [0.25, 0.3) is 0 Å². The Bertz CT molecular complexity index is 112. The molecule has 1 saturated carbocycles. The molecular formula is C9H20N2. The summed E-state index contributed by atoms with van der Waals surface area (Å²) in [6, 6.07) is 1.16. The van der Waals surface area contributed by atoms with E-state index in [0.29, 0.717) is 12.1 Å². The van der Waals surface area contributed by atoms with Crippen LogP contribution < -0.4 is 11.1 Å². The molecule has 1 fully saturated rings. The van der Waals surface area contributed by atoms with Crippen molar-refractivity contribution in [2.75, 3.05) is 6.54 Å². The van der Waals surface area contributed by atoms with Gasteiger partial charge in [0, 0.05) is 12.1 Å². The Kier molecular flexibility index (Phi) is 3.34. The molecule has 0 saturated heterocycles. The first-order chi connectivity index (χ1) is 5.18. The zero-order valence-corrected chi connectivity index (χ0v) is 7.64. The molecule has 0 aromatic rings. The van der Waals surface area contributed by atoms with Gasteiger partial charge in [0.25, 0.3) is 0 Å². The fraction of sp³-hybridized carbons (Fsp3) is 1.00. The molecular weight excluding hydrogens is 136 g/mol. The van der Waals surface area contributed by atoms with E-state index in [9.17, 15) is 0 Å². The lowest BCUT2D eigenvalue weighted by Crippen LogP contribution is -2.31. The van der Waals surface area contributed by atoms with Crippen molar-refractivity contribution >= 4 is 0 Å². The Labute approximate surface area is 69.5 Å². The van der Waals surface area contributed by atoms with Crippen LogP contribution in [-0.4, -0.2) is 18.6 Å². The van der Waals surface area contributed by atoms with Crippen LogP contribution in [0.2, 0.25) is 0 Å². The molecule has 2 heteroatoms. The third kappa shape index (κ3) is 3.21. The largest absolute Gasteiger partial charge is 0.328 e. The average Bonchev–Trinajstić information content (AvgIpc) is 2.31. The minimum atomic E-state index is 0.458. The predicted octanol–water partition coefficient (Wildman–Crippen LogP) is 1.11. The number of nitrogens with one attached hydrogen (secondary N) is 1. The van der Waals surface area contributed by atoms with Gasteiger partial charge in [-0.05, 0) is 31.7 Å². The summed E-state index contributed by atoms with van der Waals surface area (Å²) in [5, 5.41) is 3.53. The van der Waals surface area contributed by atoms with Gasteiger partial charge in [-0.1, -0.05) is 13.8 Å². The van der Waals surface area contributed by atoms with Crippen LogP contribution in [-0.2, 0) is 0 Å². The normalized spacial score (nSPS) is 31.6. The van der Waals surface area contributed by atoms with Crippen molar-refractivity contribution in [2.45, 2.75) is 45.2 Å². The molecule has 2 nitrogen and oxygen atoms in total. The summed E-state index contributed by atoms with van der Waals surface area (Å²) in [6.07, 6.45) is 3.65. The van der Waals surface area contributed by atoms with Crippen LogP contribution in [0.1, 0.15) is 33.1 Å². The van der Waals surface area contributed by atoms with E-state index in [0.717, 1.165) is 12.5 Å². The van der Waals surface area contributed by atoms with Gasteiger partial charge < -0.3 is 11.1 Å². The van der Waals surface area contributed by atoms with Gasteiger partial charge in [-0.3, -0.25) is 0 Å². The third-order valence-corrected chi connectivity index (χ3v) is 2.29. The monoisotopic (exact) mass is 156 g/mol. The average molecular weight is 156 g/mol. The number of nitrogens with two attached hydrogens (primary N) is 1. The molecule has 0 aromatic carbocycles. The molecule has 1 aliphatic carbocycles. The van der Waals surface area contributed by atoms with Gasteiger partial charge in [-0.25, -0.2) is 0 Å². The van der Waals surface area contributed by atoms with Crippen LogP contribution in [0.15, 0.2) is 0 Å². The Morgan fingerprint density at radius 3 is 2.64 bits per heavy atom. The van der Waals surface area contributed by atoms with Crippen LogP contribution in [0.5, 0.6) is 0 Å². The second-order valence-electron chi connectivity index (χ2n) is 4.07. The first kappa shape index (κ1) is 9.01. The fourth-order valence-corrected chi connectivity index (χ4v) is 1.60. The van der Waals surface area contributed by atoms with Crippen LogP contribution >= 0.6 is 0 Å². The molecule has 0 radical (unpaired) electrons. The molecule has 3 N–H and O–H groups in total. The number of rotatable bonds is 3. The van der Waals surface area contributed by atoms with Crippen molar-refractivity contribution in [3.8, 4) is 0 Å². The SMILES string of the molecule is CC(C)CNC1CCC(N)C1. The molecule has 2 unspecified atom stereocenters. The van der Waals surface area contributed by atoms with Crippen molar-refractivity contribution in [2.24, 2.45) is 11.7 Å². The summed E-state index contributed by atoms with van der Waals surface area (Å²) in [7, 11) is 0. The number of hydrogen-bond acceptors (Lipinski definition) is 2. The van der Waals surface area contributed by atoms with Crippen LogP contribution in [0.3, 0.4) is 0 Å². The van der Waals surface area contributed by atoms with Crippen molar-refractivity contribution in [3.05, 3.63) is 0 Å². The van der Waals surface area contributed by atoms with Gasteiger partial charge >= 0.3 is 0 Å². The molecule has 0 aliphatic heterocycles. The van der Waals surface area contributed by atoms with E-state index in [-0.39, 0.29) is 0 Å². The van der Waals surface area contributed by atoms with E-state index in [2.05, 4.69) is 19.2 Å².